The zero-order valence-corrected chi connectivity index (χ0v) is 9.63. The van der Waals surface area contributed by atoms with Crippen LogP contribution in [0.15, 0.2) is 0 Å². The molecule has 0 aliphatic carbocycles. The molecule has 80 valence electrons. The summed E-state index contributed by atoms with van der Waals surface area (Å²) in [6.07, 6.45) is 1.51. The fourth-order valence-corrected chi connectivity index (χ4v) is 1.30. The second kappa shape index (κ2) is 5.64. The first-order chi connectivity index (χ1) is 6.55. The molecule has 0 rings (SSSR count). The first-order valence-corrected chi connectivity index (χ1v) is 5.26. The van der Waals surface area contributed by atoms with Crippen LogP contribution in [0.3, 0.4) is 0 Å². The molecule has 0 saturated heterocycles. The van der Waals surface area contributed by atoms with Crippen molar-refractivity contribution in [3.05, 3.63) is 0 Å². The topological polar surface area (TPSA) is 44.1 Å². The van der Waals surface area contributed by atoms with Crippen LogP contribution in [0.25, 0.3) is 0 Å². The quantitative estimate of drug-likeness (QED) is 0.676. The summed E-state index contributed by atoms with van der Waals surface area (Å²) >= 11 is 0. The predicted molar refractivity (Wildman–Crippen MR) is 56.6 cm³/mol. The van der Waals surface area contributed by atoms with E-state index in [0.717, 1.165) is 13.0 Å². The van der Waals surface area contributed by atoms with Crippen molar-refractivity contribution >= 4 is 5.91 Å². The summed E-state index contributed by atoms with van der Waals surface area (Å²) in [4.78, 5) is 13.7. The van der Waals surface area contributed by atoms with E-state index in [4.69, 9.17) is 5.26 Å². The maximum atomic E-state index is 12.0. The van der Waals surface area contributed by atoms with Gasteiger partial charge in [-0.1, -0.05) is 13.8 Å². The van der Waals surface area contributed by atoms with Crippen molar-refractivity contribution in [1.29, 1.82) is 5.26 Å². The molecule has 1 atom stereocenters. The standard InChI is InChI=1S/C11H20N2O/c1-5-8-13(7-3)10(14)11(4,6-2)9-12/h5-8H2,1-4H3. The first-order valence-electron chi connectivity index (χ1n) is 5.26. The number of carbonyl (C=O) groups excluding carboxylic acids is 1. The SMILES string of the molecule is CCCN(CC)C(=O)C(C)(C#N)CC. The average Bonchev–Trinajstić information content (AvgIpc) is 2.23. The van der Waals surface area contributed by atoms with Crippen LogP contribution in [-0.2, 0) is 4.79 Å². The minimum Gasteiger partial charge on any atom is -0.342 e. The van der Waals surface area contributed by atoms with Crippen LogP contribution in [0.1, 0.15) is 40.5 Å². The van der Waals surface area contributed by atoms with Crippen LogP contribution in [0.5, 0.6) is 0 Å². The summed E-state index contributed by atoms with van der Waals surface area (Å²) in [7, 11) is 0. The molecule has 0 saturated carbocycles. The molecule has 0 spiro atoms. The van der Waals surface area contributed by atoms with E-state index in [1.165, 1.54) is 0 Å². The van der Waals surface area contributed by atoms with E-state index in [2.05, 4.69) is 6.07 Å². The van der Waals surface area contributed by atoms with Gasteiger partial charge in [0.05, 0.1) is 6.07 Å². The van der Waals surface area contributed by atoms with E-state index in [1.807, 2.05) is 20.8 Å². The Morgan fingerprint density at radius 2 is 2.00 bits per heavy atom. The van der Waals surface area contributed by atoms with Gasteiger partial charge in [-0.2, -0.15) is 5.26 Å². The Balaban J connectivity index is 4.64. The van der Waals surface area contributed by atoms with Crippen LogP contribution in [0, 0.1) is 16.7 Å². The third kappa shape index (κ3) is 2.73. The number of rotatable bonds is 5. The molecule has 0 aliphatic rings. The Morgan fingerprint density at radius 3 is 2.29 bits per heavy atom. The molecular weight excluding hydrogens is 176 g/mol. The van der Waals surface area contributed by atoms with Crippen molar-refractivity contribution in [2.24, 2.45) is 5.41 Å². The lowest BCUT2D eigenvalue weighted by atomic mass is 9.87. The first kappa shape index (κ1) is 13.0. The number of hydrogen-bond donors (Lipinski definition) is 0. The lowest BCUT2D eigenvalue weighted by Gasteiger charge is -2.28. The normalized spacial score (nSPS) is 14.2. The molecule has 0 fully saturated rings. The van der Waals surface area contributed by atoms with E-state index < -0.39 is 5.41 Å². The minimum atomic E-state index is -0.842. The van der Waals surface area contributed by atoms with Gasteiger partial charge in [0.2, 0.25) is 5.91 Å². The van der Waals surface area contributed by atoms with Crippen LogP contribution in [0.4, 0.5) is 0 Å². The third-order valence-corrected chi connectivity index (χ3v) is 2.59. The molecule has 0 aromatic carbocycles. The second-order valence-electron chi connectivity index (χ2n) is 3.68. The summed E-state index contributed by atoms with van der Waals surface area (Å²) in [6.45, 7) is 9.00. The van der Waals surface area contributed by atoms with Crippen LogP contribution in [0.2, 0.25) is 0 Å². The van der Waals surface area contributed by atoms with Crippen molar-refractivity contribution in [3.8, 4) is 6.07 Å². The smallest absolute Gasteiger partial charge is 0.242 e. The zero-order chi connectivity index (χ0) is 11.2. The van der Waals surface area contributed by atoms with Crippen molar-refractivity contribution in [3.63, 3.8) is 0 Å². The Kier molecular flexibility index (Phi) is 5.22. The van der Waals surface area contributed by atoms with Gasteiger partial charge in [0.15, 0.2) is 0 Å². The molecule has 0 bridgehead atoms. The Bertz CT molecular complexity index is 232. The van der Waals surface area contributed by atoms with Gasteiger partial charge in [-0.15, -0.1) is 0 Å². The molecule has 0 aliphatic heterocycles. The summed E-state index contributed by atoms with van der Waals surface area (Å²) in [5.74, 6) is -0.0353. The lowest BCUT2D eigenvalue weighted by molar-refractivity contribution is -0.138. The van der Waals surface area contributed by atoms with E-state index in [0.29, 0.717) is 13.0 Å². The summed E-state index contributed by atoms with van der Waals surface area (Å²) < 4.78 is 0. The Hall–Kier alpha value is -1.04. The minimum absolute atomic E-state index is 0.0353. The molecule has 0 heterocycles. The molecule has 0 radical (unpaired) electrons. The highest BCUT2D eigenvalue weighted by molar-refractivity contribution is 5.84. The third-order valence-electron chi connectivity index (χ3n) is 2.59. The van der Waals surface area contributed by atoms with Gasteiger partial charge in [0.1, 0.15) is 5.41 Å². The van der Waals surface area contributed by atoms with Crippen LogP contribution in [-0.4, -0.2) is 23.9 Å². The van der Waals surface area contributed by atoms with Crippen LogP contribution >= 0.6 is 0 Å². The van der Waals surface area contributed by atoms with E-state index in [-0.39, 0.29) is 5.91 Å². The van der Waals surface area contributed by atoms with Crippen molar-refractivity contribution in [1.82, 2.24) is 4.90 Å². The molecule has 0 N–H and O–H groups in total. The molecule has 14 heavy (non-hydrogen) atoms. The van der Waals surface area contributed by atoms with E-state index >= 15 is 0 Å². The lowest BCUT2D eigenvalue weighted by Crippen LogP contribution is -2.41. The van der Waals surface area contributed by atoms with Gasteiger partial charge >= 0.3 is 0 Å². The molecule has 0 aromatic heterocycles. The van der Waals surface area contributed by atoms with Gasteiger partial charge in [-0.3, -0.25) is 4.79 Å². The molecule has 0 aromatic rings. The largest absolute Gasteiger partial charge is 0.342 e. The van der Waals surface area contributed by atoms with E-state index in [1.54, 1.807) is 11.8 Å². The maximum absolute atomic E-state index is 12.0. The van der Waals surface area contributed by atoms with Crippen molar-refractivity contribution in [2.75, 3.05) is 13.1 Å². The Labute approximate surface area is 86.7 Å². The number of carbonyl (C=O) groups is 1. The number of nitriles is 1. The molecule has 1 unspecified atom stereocenters. The fraction of sp³-hybridized carbons (Fsp3) is 0.818. The predicted octanol–water partition coefficient (Wildman–Crippen LogP) is 2.18. The van der Waals surface area contributed by atoms with Gasteiger partial charge < -0.3 is 4.90 Å². The molecule has 1 amide bonds. The summed E-state index contributed by atoms with van der Waals surface area (Å²) in [6, 6.07) is 2.11. The zero-order valence-electron chi connectivity index (χ0n) is 9.63. The molecule has 3 nitrogen and oxygen atoms in total. The monoisotopic (exact) mass is 196 g/mol. The highest BCUT2D eigenvalue weighted by atomic mass is 16.2. The Morgan fingerprint density at radius 1 is 1.43 bits per heavy atom. The van der Waals surface area contributed by atoms with Crippen LogP contribution < -0.4 is 0 Å². The second-order valence-corrected chi connectivity index (χ2v) is 3.68. The number of hydrogen-bond acceptors (Lipinski definition) is 2. The summed E-state index contributed by atoms with van der Waals surface area (Å²) in [5, 5.41) is 8.97. The fourth-order valence-electron chi connectivity index (χ4n) is 1.30. The van der Waals surface area contributed by atoms with Crippen molar-refractivity contribution < 1.29 is 4.79 Å². The summed E-state index contributed by atoms with van der Waals surface area (Å²) in [5.41, 5.74) is -0.842. The number of nitrogens with zero attached hydrogens (tertiary/aromatic N) is 2. The van der Waals surface area contributed by atoms with Gasteiger partial charge in [-0.05, 0) is 26.7 Å². The highest BCUT2D eigenvalue weighted by Gasteiger charge is 2.34. The molecule has 3 heteroatoms. The average molecular weight is 196 g/mol. The number of amides is 1. The van der Waals surface area contributed by atoms with Gasteiger partial charge in [-0.25, -0.2) is 0 Å². The van der Waals surface area contributed by atoms with E-state index in [9.17, 15) is 4.79 Å². The molecular formula is C11H20N2O. The van der Waals surface area contributed by atoms with Crippen molar-refractivity contribution in [2.45, 2.75) is 40.5 Å². The van der Waals surface area contributed by atoms with Gasteiger partial charge in [0, 0.05) is 13.1 Å². The maximum Gasteiger partial charge on any atom is 0.242 e. The van der Waals surface area contributed by atoms with Gasteiger partial charge in [0.25, 0.3) is 0 Å². The highest BCUT2D eigenvalue weighted by Crippen LogP contribution is 2.22.